The van der Waals surface area contributed by atoms with Crippen LogP contribution in [0.3, 0.4) is 0 Å². The quantitative estimate of drug-likeness (QED) is 0.843. The zero-order chi connectivity index (χ0) is 16.0. The van der Waals surface area contributed by atoms with Gasteiger partial charge in [0.1, 0.15) is 5.71 Å². The van der Waals surface area contributed by atoms with E-state index in [1.807, 2.05) is 30.3 Å². The molecule has 1 saturated carbocycles. The first-order valence-electron chi connectivity index (χ1n) is 7.57. The van der Waals surface area contributed by atoms with E-state index in [0.717, 1.165) is 37.5 Å². The number of rotatable bonds is 5. The molecule has 1 fully saturated rings. The number of nitrogens with zero attached hydrogens (tertiary/aromatic N) is 1. The molecule has 0 aromatic heterocycles. The van der Waals surface area contributed by atoms with Crippen LogP contribution in [0.15, 0.2) is 34.7 Å². The molecule has 6 heteroatoms. The van der Waals surface area contributed by atoms with E-state index < -0.39 is 10.0 Å². The molecule has 0 spiro atoms. The van der Waals surface area contributed by atoms with Gasteiger partial charge in [-0.3, -0.25) is 4.79 Å². The first-order valence-corrected chi connectivity index (χ1v) is 9.42. The van der Waals surface area contributed by atoms with Crippen LogP contribution in [0.4, 0.5) is 0 Å². The van der Waals surface area contributed by atoms with E-state index in [-0.39, 0.29) is 24.1 Å². The van der Waals surface area contributed by atoms with Crippen molar-refractivity contribution in [3.63, 3.8) is 0 Å². The maximum absolute atomic E-state index is 12.4. The fourth-order valence-corrected chi connectivity index (χ4v) is 3.21. The predicted molar refractivity (Wildman–Crippen MR) is 87.4 cm³/mol. The molecular weight excluding hydrogens is 300 g/mol. The smallest absolute Gasteiger partial charge is 0.267 e. The third-order valence-electron chi connectivity index (χ3n) is 3.69. The largest absolute Gasteiger partial charge is 0.348 e. The monoisotopic (exact) mass is 322 g/mol. The van der Waals surface area contributed by atoms with Gasteiger partial charge in [-0.15, -0.1) is 0 Å². The van der Waals surface area contributed by atoms with Crippen LogP contribution >= 0.6 is 0 Å². The molecule has 0 saturated heterocycles. The SMILES string of the molecule is CS(=O)(=O)/N=C(/Cc1ccccc1)C(=O)NC1CCCCC1. The summed E-state index contributed by atoms with van der Waals surface area (Å²) in [5.41, 5.74) is 0.919. The highest BCUT2D eigenvalue weighted by Gasteiger charge is 2.20. The van der Waals surface area contributed by atoms with Crippen LogP contribution in [0.5, 0.6) is 0 Å². The molecule has 22 heavy (non-hydrogen) atoms. The first-order chi connectivity index (χ1) is 10.4. The molecule has 0 heterocycles. The Labute approximate surface area is 131 Å². The fraction of sp³-hybridized carbons (Fsp3) is 0.500. The zero-order valence-electron chi connectivity index (χ0n) is 12.8. The maximum Gasteiger partial charge on any atom is 0.267 e. The lowest BCUT2D eigenvalue weighted by atomic mass is 9.95. The van der Waals surface area contributed by atoms with Crippen molar-refractivity contribution in [2.75, 3.05) is 6.26 Å². The molecule has 1 aliphatic rings. The molecule has 0 bridgehead atoms. The molecule has 1 aromatic rings. The van der Waals surface area contributed by atoms with Crippen molar-refractivity contribution in [1.82, 2.24) is 5.32 Å². The van der Waals surface area contributed by atoms with Gasteiger partial charge in [0.2, 0.25) is 0 Å². The van der Waals surface area contributed by atoms with E-state index in [9.17, 15) is 13.2 Å². The highest BCUT2D eigenvalue weighted by atomic mass is 32.2. The maximum atomic E-state index is 12.4. The Balaban J connectivity index is 2.13. The third-order valence-corrected chi connectivity index (χ3v) is 4.24. The Morgan fingerprint density at radius 3 is 2.41 bits per heavy atom. The minimum atomic E-state index is -3.60. The lowest BCUT2D eigenvalue weighted by molar-refractivity contribution is -0.115. The topological polar surface area (TPSA) is 75.6 Å². The van der Waals surface area contributed by atoms with Crippen molar-refractivity contribution in [2.24, 2.45) is 4.40 Å². The van der Waals surface area contributed by atoms with Gasteiger partial charge in [0.15, 0.2) is 0 Å². The van der Waals surface area contributed by atoms with Crippen LogP contribution in [-0.4, -0.2) is 32.3 Å². The van der Waals surface area contributed by atoms with Crippen LogP contribution in [0, 0.1) is 0 Å². The van der Waals surface area contributed by atoms with Gasteiger partial charge in [-0.2, -0.15) is 4.40 Å². The second-order valence-corrected chi connectivity index (χ2v) is 7.39. The summed E-state index contributed by atoms with van der Waals surface area (Å²) in [7, 11) is -3.60. The number of sulfonamides is 1. The number of amides is 1. The summed E-state index contributed by atoms with van der Waals surface area (Å²) < 4.78 is 26.6. The molecule has 0 atom stereocenters. The lowest BCUT2D eigenvalue weighted by Crippen LogP contribution is -2.41. The van der Waals surface area contributed by atoms with Gasteiger partial charge in [-0.1, -0.05) is 49.6 Å². The van der Waals surface area contributed by atoms with Gasteiger partial charge in [0.05, 0.1) is 6.26 Å². The predicted octanol–water partition coefficient (Wildman–Crippen LogP) is 2.08. The second-order valence-electron chi connectivity index (χ2n) is 5.74. The summed E-state index contributed by atoms with van der Waals surface area (Å²) in [6.07, 6.45) is 6.51. The van der Waals surface area contributed by atoms with Gasteiger partial charge in [0, 0.05) is 12.5 Å². The molecule has 1 aromatic carbocycles. The van der Waals surface area contributed by atoms with Crippen molar-refractivity contribution in [2.45, 2.75) is 44.6 Å². The molecule has 0 aliphatic heterocycles. The van der Waals surface area contributed by atoms with E-state index in [1.165, 1.54) is 6.42 Å². The van der Waals surface area contributed by atoms with E-state index in [0.29, 0.717) is 0 Å². The summed E-state index contributed by atoms with van der Waals surface area (Å²) in [6.45, 7) is 0. The molecule has 120 valence electrons. The van der Waals surface area contributed by atoms with Gasteiger partial charge in [-0.25, -0.2) is 8.42 Å². The van der Waals surface area contributed by atoms with Crippen LogP contribution in [-0.2, 0) is 21.2 Å². The fourth-order valence-electron chi connectivity index (χ4n) is 2.66. The van der Waals surface area contributed by atoms with Gasteiger partial charge >= 0.3 is 0 Å². The average molecular weight is 322 g/mol. The number of hydrogen-bond acceptors (Lipinski definition) is 3. The van der Waals surface area contributed by atoms with Gasteiger partial charge in [-0.05, 0) is 18.4 Å². The molecule has 0 unspecified atom stereocenters. The second kappa shape index (κ2) is 7.54. The Hall–Kier alpha value is -1.69. The van der Waals surface area contributed by atoms with Crippen molar-refractivity contribution in [3.8, 4) is 0 Å². The summed E-state index contributed by atoms with van der Waals surface area (Å²) in [4.78, 5) is 12.4. The Morgan fingerprint density at radius 2 is 1.82 bits per heavy atom. The summed E-state index contributed by atoms with van der Waals surface area (Å²) in [6, 6.07) is 9.41. The minimum absolute atomic E-state index is 0.0549. The highest BCUT2D eigenvalue weighted by Crippen LogP contribution is 2.17. The van der Waals surface area contributed by atoms with E-state index in [1.54, 1.807) is 0 Å². The number of benzene rings is 1. The normalized spacial score (nSPS) is 17.2. The van der Waals surface area contributed by atoms with E-state index in [2.05, 4.69) is 9.71 Å². The highest BCUT2D eigenvalue weighted by molar-refractivity contribution is 7.89. The third kappa shape index (κ3) is 5.60. The summed E-state index contributed by atoms with van der Waals surface area (Å²) >= 11 is 0. The van der Waals surface area contributed by atoms with E-state index >= 15 is 0 Å². The Morgan fingerprint density at radius 1 is 1.18 bits per heavy atom. The Kier molecular flexibility index (Phi) is 5.71. The van der Waals surface area contributed by atoms with Gasteiger partial charge < -0.3 is 5.32 Å². The van der Waals surface area contributed by atoms with Crippen LogP contribution in [0.2, 0.25) is 0 Å². The standard InChI is InChI=1S/C16H22N2O3S/c1-22(20,21)18-15(12-13-8-4-2-5-9-13)16(19)17-14-10-6-3-7-11-14/h2,4-5,8-9,14H,3,6-7,10-12H2,1H3,(H,17,19)/b18-15-. The van der Waals surface area contributed by atoms with Crippen molar-refractivity contribution in [1.29, 1.82) is 0 Å². The zero-order valence-corrected chi connectivity index (χ0v) is 13.6. The van der Waals surface area contributed by atoms with Crippen LogP contribution in [0.1, 0.15) is 37.7 Å². The number of carbonyl (C=O) groups is 1. The molecule has 1 N–H and O–H groups in total. The minimum Gasteiger partial charge on any atom is -0.348 e. The summed E-state index contributed by atoms with van der Waals surface area (Å²) in [5, 5.41) is 2.93. The van der Waals surface area contributed by atoms with Crippen molar-refractivity contribution >= 4 is 21.6 Å². The number of hydrogen-bond donors (Lipinski definition) is 1. The lowest BCUT2D eigenvalue weighted by Gasteiger charge is -2.23. The van der Waals surface area contributed by atoms with Crippen LogP contribution < -0.4 is 5.32 Å². The van der Waals surface area contributed by atoms with Gasteiger partial charge in [0.25, 0.3) is 15.9 Å². The Bertz CT molecular complexity index is 633. The molecule has 1 aliphatic carbocycles. The number of carbonyl (C=O) groups excluding carboxylic acids is 1. The number of nitrogens with one attached hydrogen (secondary N) is 1. The molecule has 2 rings (SSSR count). The first kappa shape index (κ1) is 16.7. The van der Waals surface area contributed by atoms with Crippen molar-refractivity contribution < 1.29 is 13.2 Å². The molecule has 5 nitrogen and oxygen atoms in total. The molecular formula is C16H22N2O3S. The molecule has 0 radical (unpaired) electrons. The summed E-state index contributed by atoms with van der Waals surface area (Å²) in [5.74, 6) is -0.374. The van der Waals surface area contributed by atoms with E-state index in [4.69, 9.17) is 0 Å². The van der Waals surface area contributed by atoms with Crippen molar-refractivity contribution in [3.05, 3.63) is 35.9 Å². The molecule has 1 amide bonds. The average Bonchev–Trinajstić information content (AvgIpc) is 2.47. The van der Waals surface area contributed by atoms with Crippen LogP contribution in [0.25, 0.3) is 0 Å².